The van der Waals surface area contributed by atoms with Gasteiger partial charge in [0.05, 0.1) is 0 Å². The van der Waals surface area contributed by atoms with E-state index in [-0.39, 0.29) is 6.09 Å². The van der Waals surface area contributed by atoms with Gasteiger partial charge < -0.3 is 9.64 Å². The van der Waals surface area contributed by atoms with Gasteiger partial charge in [0.1, 0.15) is 5.60 Å². The first kappa shape index (κ1) is 23.8. The molecule has 0 bridgehead atoms. The van der Waals surface area contributed by atoms with Gasteiger partial charge in [-0.3, -0.25) is 9.80 Å². The van der Waals surface area contributed by atoms with Crippen LogP contribution in [0.5, 0.6) is 0 Å². The highest BCUT2D eigenvalue weighted by molar-refractivity contribution is 5.68. The van der Waals surface area contributed by atoms with Gasteiger partial charge in [0, 0.05) is 39.3 Å². The Balaban J connectivity index is 1.31. The van der Waals surface area contributed by atoms with E-state index in [1.807, 2.05) is 25.7 Å². The second-order valence-electron chi connectivity index (χ2n) is 10.5. The Bertz CT molecular complexity index is 905. The number of nitrogens with zero attached hydrogens (tertiary/aromatic N) is 3. The molecule has 0 N–H and O–H groups in total. The highest BCUT2D eigenvalue weighted by Gasteiger charge is 2.25. The lowest BCUT2D eigenvalue weighted by molar-refractivity contribution is 0.0139. The second-order valence-corrected chi connectivity index (χ2v) is 10.5. The summed E-state index contributed by atoms with van der Waals surface area (Å²) < 4.78 is 5.51. The van der Waals surface area contributed by atoms with Crippen molar-refractivity contribution >= 4 is 6.09 Å². The van der Waals surface area contributed by atoms with Crippen LogP contribution in [0.1, 0.15) is 51.2 Å². The van der Waals surface area contributed by atoms with E-state index in [1.165, 1.54) is 54.6 Å². The standard InChI is InChI=1S/C28H39N3O2/c1-28(2,3)33-27(32)31-18-16-30(17-19-31)22-24-8-7-9-26(20-24)25-12-10-23(11-13-25)21-29-14-5-4-6-15-29/h7-13,20H,4-6,14-19,21-22H2,1-3H3. The fraction of sp³-hybridized carbons (Fsp3) is 0.536. The molecule has 0 atom stereocenters. The maximum Gasteiger partial charge on any atom is 0.410 e. The first-order valence-electron chi connectivity index (χ1n) is 12.5. The lowest BCUT2D eigenvalue weighted by Crippen LogP contribution is -2.49. The molecule has 0 spiro atoms. The summed E-state index contributed by atoms with van der Waals surface area (Å²) in [4.78, 5) is 19.1. The predicted octanol–water partition coefficient (Wildman–Crippen LogP) is 5.39. The number of ether oxygens (including phenoxy) is 1. The number of amides is 1. The number of hydrogen-bond donors (Lipinski definition) is 0. The molecule has 4 rings (SSSR count). The lowest BCUT2D eigenvalue weighted by Gasteiger charge is -2.35. The van der Waals surface area contributed by atoms with Crippen molar-refractivity contribution in [1.29, 1.82) is 0 Å². The summed E-state index contributed by atoms with van der Waals surface area (Å²) in [6.07, 6.45) is 3.85. The van der Waals surface area contributed by atoms with Crippen molar-refractivity contribution in [3.8, 4) is 11.1 Å². The van der Waals surface area contributed by atoms with Gasteiger partial charge in [-0.15, -0.1) is 0 Å². The van der Waals surface area contributed by atoms with Crippen LogP contribution in [0.3, 0.4) is 0 Å². The van der Waals surface area contributed by atoms with Crippen LogP contribution >= 0.6 is 0 Å². The number of likely N-dealkylation sites (tertiary alicyclic amines) is 1. The molecule has 2 aliphatic rings. The second kappa shape index (κ2) is 10.7. The minimum atomic E-state index is -0.444. The zero-order chi connectivity index (χ0) is 23.3. The molecule has 2 aromatic carbocycles. The average molecular weight is 450 g/mol. The largest absolute Gasteiger partial charge is 0.444 e. The van der Waals surface area contributed by atoms with Gasteiger partial charge in [-0.05, 0) is 75.0 Å². The Morgan fingerprint density at radius 1 is 0.758 bits per heavy atom. The van der Waals surface area contributed by atoms with E-state index in [0.29, 0.717) is 13.1 Å². The van der Waals surface area contributed by atoms with Gasteiger partial charge in [-0.1, -0.05) is 48.9 Å². The van der Waals surface area contributed by atoms with E-state index in [2.05, 4.69) is 58.3 Å². The highest BCUT2D eigenvalue weighted by Crippen LogP contribution is 2.23. The van der Waals surface area contributed by atoms with Crippen LogP contribution in [0.15, 0.2) is 48.5 Å². The monoisotopic (exact) mass is 449 g/mol. The number of piperazine rings is 1. The molecule has 33 heavy (non-hydrogen) atoms. The molecule has 0 radical (unpaired) electrons. The molecule has 0 aliphatic carbocycles. The molecule has 0 saturated carbocycles. The molecular weight excluding hydrogens is 410 g/mol. The minimum Gasteiger partial charge on any atom is -0.444 e. The number of benzene rings is 2. The smallest absolute Gasteiger partial charge is 0.410 e. The molecule has 5 heteroatoms. The molecule has 0 aromatic heterocycles. The van der Waals surface area contributed by atoms with Crippen molar-refractivity contribution in [2.75, 3.05) is 39.3 Å². The Labute approximate surface area is 199 Å². The van der Waals surface area contributed by atoms with Crippen molar-refractivity contribution in [2.24, 2.45) is 0 Å². The summed E-state index contributed by atoms with van der Waals surface area (Å²) in [5.41, 5.74) is 4.81. The van der Waals surface area contributed by atoms with Crippen molar-refractivity contribution in [2.45, 2.75) is 58.7 Å². The fourth-order valence-electron chi connectivity index (χ4n) is 4.70. The van der Waals surface area contributed by atoms with Gasteiger partial charge in [0.2, 0.25) is 0 Å². The zero-order valence-corrected chi connectivity index (χ0v) is 20.6. The molecule has 2 aliphatic heterocycles. The molecule has 2 fully saturated rings. The molecule has 5 nitrogen and oxygen atoms in total. The van der Waals surface area contributed by atoms with E-state index in [9.17, 15) is 4.79 Å². The van der Waals surface area contributed by atoms with Crippen molar-refractivity contribution < 1.29 is 9.53 Å². The number of carbonyl (C=O) groups is 1. The van der Waals surface area contributed by atoms with E-state index >= 15 is 0 Å². The van der Waals surface area contributed by atoms with E-state index in [0.717, 1.165) is 26.2 Å². The summed E-state index contributed by atoms with van der Waals surface area (Å²) in [6.45, 7) is 13.3. The van der Waals surface area contributed by atoms with Crippen molar-refractivity contribution in [3.05, 3.63) is 59.7 Å². The lowest BCUT2D eigenvalue weighted by atomic mass is 10.0. The Hall–Kier alpha value is -2.37. The van der Waals surface area contributed by atoms with Crippen LogP contribution in [0.4, 0.5) is 4.79 Å². The molecule has 2 aromatic rings. The van der Waals surface area contributed by atoms with Crippen LogP contribution in [0.25, 0.3) is 11.1 Å². The summed E-state index contributed by atoms with van der Waals surface area (Å²) in [5, 5.41) is 0. The molecule has 2 saturated heterocycles. The Morgan fingerprint density at radius 3 is 2.06 bits per heavy atom. The zero-order valence-electron chi connectivity index (χ0n) is 20.6. The van der Waals surface area contributed by atoms with E-state index in [4.69, 9.17) is 4.74 Å². The third-order valence-electron chi connectivity index (χ3n) is 6.50. The molecular formula is C28H39N3O2. The summed E-state index contributed by atoms with van der Waals surface area (Å²) in [6, 6.07) is 18.0. The normalized spacial score (nSPS) is 18.3. The first-order valence-corrected chi connectivity index (χ1v) is 12.5. The fourth-order valence-corrected chi connectivity index (χ4v) is 4.70. The topological polar surface area (TPSA) is 36.0 Å². The molecule has 1 amide bonds. The number of hydrogen-bond acceptors (Lipinski definition) is 4. The van der Waals surface area contributed by atoms with Crippen LogP contribution in [0, 0.1) is 0 Å². The van der Waals surface area contributed by atoms with Crippen LogP contribution in [0.2, 0.25) is 0 Å². The molecule has 2 heterocycles. The molecule has 178 valence electrons. The van der Waals surface area contributed by atoms with Crippen molar-refractivity contribution in [3.63, 3.8) is 0 Å². The summed E-state index contributed by atoms with van der Waals surface area (Å²) in [5.74, 6) is 0. The molecule has 0 unspecified atom stereocenters. The maximum atomic E-state index is 12.3. The number of piperidine rings is 1. The SMILES string of the molecule is CC(C)(C)OC(=O)N1CCN(Cc2cccc(-c3ccc(CN4CCCCC4)cc3)c2)CC1. The Kier molecular flexibility index (Phi) is 7.71. The van der Waals surface area contributed by atoms with Gasteiger partial charge in [-0.2, -0.15) is 0 Å². The van der Waals surface area contributed by atoms with Gasteiger partial charge in [0.15, 0.2) is 0 Å². The highest BCUT2D eigenvalue weighted by atomic mass is 16.6. The minimum absolute atomic E-state index is 0.201. The maximum absolute atomic E-state index is 12.3. The van der Waals surface area contributed by atoms with Crippen LogP contribution in [-0.2, 0) is 17.8 Å². The van der Waals surface area contributed by atoms with Gasteiger partial charge in [0.25, 0.3) is 0 Å². The average Bonchev–Trinajstić information content (AvgIpc) is 2.80. The number of rotatable bonds is 5. The van der Waals surface area contributed by atoms with E-state index in [1.54, 1.807) is 0 Å². The van der Waals surface area contributed by atoms with Crippen LogP contribution in [-0.4, -0.2) is 65.7 Å². The summed E-state index contributed by atoms with van der Waals surface area (Å²) >= 11 is 0. The van der Waals surface area contributed by atoms with Gasteiger partial charge >= 0.3 is 6.09 Å². The Morgan fingerprint density at radius 2 is 1.39 bits per heavy atom. The van der Waals surface area contributed by atoms with Crippen molar-refractivity contribution in [1.82, 2.24) is 14.7 Å². The van der Waals surface area contributed by atoms with E-state index < -0.39 is 5.60 Å². The first-order chi connectivity index (χ1) is 15.9. The van der Waals surface area contributed by atoms with Gasteiger partial charge in [-0.25, -0.2) is 4.79 Å². The quantitative estimate of drug-likeness (QED) is 0.613. The predicted molar refractivity (Wildman–Crippen MR) is 134 cm³/mol. The third-order valence-corrected chi connectivity index (χ3v) is 6.50. The third kappa shape index (κ3) is 7.05. The number of carbonyl (C=O) groups excluding carboxylic acids is 1. The summed E-state index contributed by atoms with van der Waals surface area (Å²) in [7, 11) is 0. The van der Waals surface area contributed by atoms with Crippen LogP contribution < -0.4 is 0 Å².